The Hall–Kier alpha value is -0.710. The Balaban J connectivity index is 2.30. The Morgan fingerprint density at radius 1 is 1.33 bits per heavy atom. The molecule has 2 heterocycles. The standard InChI is InChI=1S/C14H20N2S2/c1-5-11-6-7-12(18-11)13(15-9(2)3)14-16-10(4)8-17-14/h6-9,13,15H,5H2,1-4H3. The van der Waals surface area contributed by atoms with E-state index in [1.165, 1.54) is 14.8 Å². The van der Waals surface area contributed by atoms with Gasteiger partial charge in [0.15, 0.2) is 0 Å². The van der Waals surface area contributed by atoms with Crippen LogP contribution in [0.4, 0.5) is 0 Å². The van der Waals surface area contributed by atoms with E-state index in [4.69, 9.17) is 0 Å². The average Bonchev–Trinajstić information content (AvgIpc) is 2.94. The fraction of sp³-hybridized carbons (Fsp3) is 0.500. The number of hydrogen-bond donors (Lipinski definition) is 1. The highest BCUT2D eigenvalue weighted by atomic mass is 32.1. The molecule has 2 rings (SSSR count). The minimum atomic E-state index is 0.244. The van der Waals surface area contributed by atoms with Gasteiger partial charge < -0.3 is 5.32 Å². The third-order valence-corrected chi connectivity index (χ3v) is 5.02. The summed E-state index contributed by atoms with van der Waals surface area (Å²) in [6.45, 7) is 8.62. The zero-order valence-electron chi connectivity index (χ0n) is 11.4. The second-order valence-corrected chi connectivity index (χ2v) is 6.83. The number of thiophene rings is 1. The van der Waals surface area contributed by atoms with E-state index in [9.17, 15) is 0 Å². The second kappa shape index (κ2) is 5.95. The molecule has 0 saturated carbocycles. The monoisotopic (exact) mass is 280 g/mol. The summed E-state index contributed by atoms with van der Waals surface area (Å²) in [5.74, 6) is 0. The first-order chi connectivity index (χ1) is 8.60. The molecule has 0 fully saturated rings. The minimum Gasteiger partial charge on any atom is -0.301 e. The van der Waals surface area contributed by atoms with Gasteiger partial charge in [0, 0.05) is 26.9 Å². The first-order valence-corrected chi connectivity index (χ1v) is 8.06. The van der Waals surface area contributed by atoms with Gasteiger partial charge in [0.2, 0.25) is 0 Å². The molecule has 0 aliphatic carbocycles. The molecule has 1 unspecified atom stereocenters. The fourth-order valence-electron chi connectivity index (χ4n) is 1.85. The molecule has 0 aromatic carbocycles. The van der Waals surface area contributed by atoms with Gasteiger partial charge in [0.05, 0.1) is 6.04 Å². The first kappa shape index (κ1) is 13.7. The van der Waals surface area contributed by atoms with Crippen LogP contribution in [0.25, 0.3) is 0 Å². The largest absolute Gasteiger partial charge is 0.301 e. The summed E-state index contributed by atoms with van der Waals surface area (Å²) in [5.41, 5.74) is 1.11. The Morgan fingerprint density at radius 2 is 2.11 bits per heavy atom. The van der Waals surface area contributed by atoms with Crippen LogP contribution in [0.2, 0.25) is 0 Å². The van der Waals surface area contributed by atoms with Gasteiger partial charge in [-0.15, -0.1) is 22.7 Å². The van der Waals surface area contributed by atoms with Gasteiger partial charge in [0.25, 0.3) is 0 Å². The summed E-state index contributed by atoms with van der Waals surface area (Å²) in [4.78, 5) is 7.45. The van der Waals surface area contributed by atoms with Crippen LogP contribution in [-0.4, -0.2) is 11.0 Å². The third-order valence-electron chi connectivity index (χ3n) is 2.70. The molecule has 1 atom stereocenters. The highest BCUT2D eigenvalue weighted by Crippen LogP contribution is 2.31. The van der Waals surface area contributed by atoms with E-state index in [1.54, 1.807) is 11.3 Å². The van der Waals surface area contributed by atoms with Gasteiger partial charge in [0.1, 0.15) is 5.01 Å². The second-order valence-electron chi connectivity index (χ2n) is 4.74. The Labute approximate surface area is 117 Å². The van der Waals surface area contributed by atoms with Crippen LogP contribution < -0.4 is 5.32 Å². The molecular formula is C14H20N2S2. The van der Waals surface area contributed by atoms with Crippen LogP contribution in [0.1, 0.15) is 47.3 Å². The quantitative estimate of drug-likeness (QED) is 0.889. The highest BCUT2D eigenvalue weighted by Gasteiger charge is 2.19. The summed E-state index contributed by atoms with van der Waals surface area (Å²) in [6, 6.07) is 5.16. The normalized spacial score (nSPS) is 13.2. The van der Waals surface area contributed by atoms with Crippen molar-refractivity contribution in [3.05, 3.63) is 38.0 Å². The molecule has 0 aliphatic heterocycles. The Morgan fingerprint density at radius 3 is 2.61 bits per heavy atom. The predicted molar refractivity (Wildman–Crippen MR) is 80.7 cm³/mol. The molecule has 98 valence electrons. The molecule has 2 aromatic heterocycles. The van der Waals surface area contributed by atoms with Crippen molar-refractivity contribution in [2.24, 2.45) is 0 Å². The smallest absolute Gasteiger partial charge is 0.115 e. The molecule has 0 bridgehead atoms. The highest BCUT2D eigenvalue weighted by molar-refractivity contribution is 7.12. The van der Waals surface area contributed by atoms with E-state index in [1.807, 2.05) is 11.3 Å². The van der Waals surface area contributed by atoms with Gasteiger partial charge in [-0.3, -0.25) is 0 Å². The van der Waals surface area contributed by atoms with Crippen molar-refractivity contribution in [3.63, 3.8) is 0 Å². The molecule has 0 amide bonds. The number of thiazole rings is 1. The summed E-state index contributed by atoms with van der Waals surface area (Å²) < 4.78 is 0. The number of hydrogen-bond acceptors (Lipinski definition) is 4. The molecule has 2 aromatic rings. The predicted octanol–water partition coefficient (Wildman–Crippen LogP) is 4.16. The van der Waals surface area contributed by atoms with E-state index >= 15 is 0 Å². The van der Waals surface area contributed by atoms with Crippen molar-refractivity contribution in [1.29, 1.82) is 0 Å². The van der Waals surface area contributed by atoms with Crippen LogP contribution in [0, 0.1) is 6.92 Å². The zero-order valence-corrected chi connectivity index (χ0v) is 13.0. The number of aryl methyl sites for hydroxylation is 2. The van der Waals surface area contributed by atoms with Gasteiger partial charge in [-0.2, -0.15) is 0 Å². The van der Waals surface area contributed by atoms with Crippen LogP contribution >= 0.6 is 22.7 Å². The number of rotatable bonds is 5. The summed E-state index contributed by atoms with van der Waals surface area (Å²) >= 11 is 3.64. The topological polar surface area (TPSA) is 24.9 Å². The average molecular weight is 280 g/mol. The number of aromatic nitrogens is 1. The van der Waals surface area contributed by atoms with Crippen LogP contribution in [0.15, 0.2) is 17.5 Å². The summed E-state index contributed by atoms with van der Waals surface area (Å²) in [5, 5.41) is 6.92. The molecule has 18 heavy (non-hydrogen) atoms. The van der Waals surface area contributed by atoms with Gasteiger partial charge in [-0.1, -0.05) is 6.92 Å². The maximum absolute atomic E-state index is 4.64. The number of nitrogens with zero attached hydrogens (tertiary/aromatic N) is 1. The maximum Gasteiger partial charge on any atom is 0.115 e. The number of nitrogens with one attached hydrogen (secondary N) is 1. The lowest BCUT2D eigenvalue weighted by Crippen LogP contribution is -2.28. The van der Waals surface area contributed by atoms with Crippen molar-refractivity contribution in [2.75, 3.05) is 0 Å². The molecule has 0 saturated heterocycles. The third kappa shape index (κ3) is 3.19. The van der Waals surface area contributed by atoms with Crippen molar-refractivity contribution in [3.8, 4) is 0 Å². The molecule has 4 heteroatoms. The summed E-state index contributed by atoms with van der Waals surface area (Å²) in [7, 11) is 0. The SMILES string of the molecule is CCc1ccc(C(NC(C)C)c2nc(C)cs2)s1. The van der Waals surface area contributed by atoms with Crippen molar-refractivity contribution in [2.45, 2.75) is 46.2 Å². The van der Waals surface area contributed by atoms with Gasteiger partial charge in [-0.25, -0.2) is 4.98 Å². The van der Waals surface area contributed by atoms with E-state index in [0.29, 0.717) is 6.04 Å². The molecule has 2 nitrogen and oxygen atoms in total. The Bertz CT molecular complexity index is 499. The van der Waals surface area contributed by atoms with E-state index in [0.717, 1.165) is 12.1 Å². The van der Waals surface area contributed by atoms with Crippen molar-refractivity contribution in [1.82, 2.24) is 10.3 Å². The van der Waals surface area contributed by atoms with Gasteiger partial charge >= 0.3 is 0 Å². The molecule has 1 N–H and O–H groups in total. The molecule has 0 aliphatic rings. The van der Waals surface area contributed by atoms with E-state index in [2.05, 4.69) is 55.5 Å². The van der Waals surface area contributed by atoms with Crippen LogP contribution in [0.3, 0.4) is 0 Å². The molecule has 0 spiro atoms. The Kier molecular flexibility index (Phi) is 4.54. The minimum absolute atomic E-state index is 0.244. The lowest BCUT2D eigenvalue weighted by atomic mass is 10.2. The van der Waals surface area contributed by atoms with Gasteiger partial charge in [-0.05, 0) is 39.3 Å². The van der Waals surface area contributed by atoms with E-state index in [-0.39, 0.29) is 6.04 Å². The van der Waals surface area contributed by atoms with Crippen molar-refractivity contribution < 1.29 is 0 Å². The zero-order chi connectivity index (χ0) is 13.1. The maximum atomic E-state index is 4.64. The van der Waals surface area contributed by atoms with Crippen LogP contribution in [0.5, 0.6) is 0 Å². The molecule has 0 radical (unpaired) electrons. The van der Waals surface area contributed by atoms with Crippen LogP contribution in [-0.2, 0) is 6.42 Å². The lowest BCUT2D eigenvalue weighted by Gasteiger charge is -2.18. The summed E-state index contributed by atoms with van der Waals surface area (Å²) in [6.07, 6.45) is 1.11. The van der Waals surface area contributed by atoms with Crippen molar-refractivity contribution >= 4 is 22.7 Å². The lowest BCUT2D eigenvalue weighted by molar-refractivity contribution is 0.532. The molecular weight excluding hydrogens is 260 g/mol. The fourth-order valence-corrected chi connectivity index (χ4v) is 3.82. The van der Waals surface area contributed by atoms with E-state index < -0.39 is 0 Å². The first-order valence-electron chi connectivity index (χ1n) is 6.36.